The lowest BCUT2D eigenvalue weighted by Crippen LogP contribution is -2.61. The lowest BCUT2D eigenvalue weighted by Gasteiger charge is -2.54. The van der Waals surface area contributed by atoms with Gasteiger partial charge in [0.1, 0.15) is 17.9 Å². The summed E-state index contributed by atoms with van der Waals surface area (Å²) in [5, 5.41) is 13.4. The van der Waals surface area contributed by atoms with Crippen LogP contribution in [0.4, 0.5) is 10.1 Å². The summed E-state index contributed by atoms with van der Waals surface area (Å²) in [6.07, 6.45) is 1.19. The van der Waals surface area contributed by atoms with Crippen LogP contribution < -0.4 is 11.1 Å². The molecule has 2 aromatic rings. The zero-order valence-electron chi connectivity index (χ0n) is 17.0. The van der Waals surface area contributed by atoms with Crippen molar-refractivity contribution in [2.45, 2.75) is 19.4 Å². The van der Waals surface area contributed by atoms with Crippen LogP contribution in [-0.4, -0.2) is 41.8 Å². The molecule has 0 saturated carbocycles. The average molecular weight is 449 g/mol. The number of hydrogen-bond donors (Lipinski definition) is 3. The minimum Gasteiger partial charge on any atom is -0.508 e. The number of carbonyl (C=O) groups excluding carboxylic acids is 1. The van der Waals surface area contributed by atoms with Crippen LogP contribution in [0.5, 0.6) is 5.75 Å². The Hall–Kier alpha value is -2.91. The summed E-state index contributed by atoms with van der Waals surface area (Å²) in [6.45, 7) is 5.05. The molecule has 2 aliphatic rings. The second-order valence-electron chi connectivity index (χ2n) is 8.07. The van der Waals surface area contributed by atoms with Gasteiger partial charge < -0.3 is 25.6 Å². The van der Waals surface area contributed by atoms with Crippen molar-refractivity contribution in [2.24, 2.45) is 22.1 Å². The maximum Gasteiger partial charge on any atom is 0.283 e. The quantitative estimate of drug-likeness (QED) is 0.605. The van der Waals surface area contributed by atoms with Gasteiger partial charge in [0.2, 0.25) is 0 Å². The first-order valence-corrected chi connectivity index (χ1v) is 10.1. The average Bonchev–Trinajstić information content (AvgIpc) is 3.04. The lowest BCUT2D eigenvalue weighted by atomic mass is 9.59. The first kappa shape index (κ1) is 21.3. The fourth-order valence-electron chi connectivity index (χ4n) is 4.18. The van der Waals surface area contributed by atoms with Crippen molar-refractivity contribution in [3.8, 4) is 5.75 Å². The number of anilines is 1. The van der Waals surface area contributed by atoms with E-state index >= 15 is 0 Å². The van der Waals surface area contributed by atoms with E-state index in [9.17, 15) is 14.3 Å². The molecule has 4 N–H and O–H groups in total. The number of aromatic nitrogens is 1. The standard InChI is InChI=1S/C21H22ClFN4O4/c1-11(2)20(8-30-9-20)21(10-31-19(24)27-21)14-6-13(3-4-16(14)28)26-18(29)17-15(23)5-12(22)7-25-17/h3-7,11,28H,8-10H2,1-2H3,(H2,24,27)(H,26,29). The number of ether oxygens (including phenoxy) is 2. The van der Waals surface area contributed by atoms with Crippen molar-refractivity contribution in [1.82, 2.24) is 4.98 Å². The molecule has 0 aliphatic carbocycles. The number of aliphatic imine (C=N–C) groups is 1. The van der Waals surface area contributed by atoms with E-state index < -0.39 is 28.4 Å². The van der Waals surface area contributed by atoms with Crippen LogP contribution in [0.1, 0.15) is 29.9 Å². The Morgan fingerprint density at radius 3 is 2.61 bits per heavy atom. The molecule has 8 nitrogen and oxygen atoms in total. The van der Waals surface area contributed by atoms with Crippen molar-refractivity contribution >= 4 is 29.2 Å². The molecule has 10 heteroatoms. The van der Waals surface area contributed by atoms with Crippen LogP contribution in [0.25, 0.3) is 0 Å². The van der Waals surface area contributed by atoms with E-state index in [0.717, 1.165) is 6.07 Å². The van der Waals surface area contributed by atoms with Gasteiger partial charge in [0.05, 0.1) is 23.7 Å². The van der Waals surface area contributed by atoms with E-state index in [-0.39, 0.29) is 29.3 Å². The maximum atomic E-state index is 14.1. The lowest BCUT2D eigenvalue weighted by molar-refractivity contribution is -0.185. The fraction of sp³-hybridized carbons (Fsp3) is 0.381. The van der Waals surface area contributed by atoms with Gasteiger partial charge in [0.15, 0.2) is 11.5 Å². The summed E-state index contributed by atoms with van der Waals surface area (Å²) >= 11 is 5.70. The highest BCUT2D eigenvalue weighted by Crippen LogP contribution is 2.56. The van der Waals surface area contributed by atoms with Gasteiger partial charge in [-0.1, -0.05) is 25.4 Å². The molecule has 0 spiro atoms. The Balaban J connectivity index is 1.74. The summed E-state index contributed by atoms with van der Waals surface area (Å²) in [7, 11) is 0. The Morgan fingerprint density at radius 1 is 1.32 bits per heavy atom. The molecule has 1 aromatic carbocycles. The molecule has 1 unspecified atom stereocenters. The van der Waals surface area contributed by atoms with E-state index in [1.807, 2.05) is 13.8 Å². The maximum absolute atomic E-state index is 14.1. The molecule has 1 aromatic heterocycles. The number of nitrogens with zero attached hydrogens (tertiary/aromatic N) is 2. The summed E-state index contributed by atoms with van der Waals surface area (Å²) in [5.74, 6) is -1.49. The van der Waals surface area contributed by atoms with Crippen LogP contribution in [0.3, 0.4) is 0 Å². The highest BCUT2D eigenvalue weighted by Gasteiger charge is 2.62. The second-order valence-corrected chi connectivity index (χ2v) is 8.51. The largest absolute Gasteiger partial charge is 0.508 e. The van der Waals surface area contributed by atoms with E-state index in [0.29, 0.717) is 24.5 Å². The molecule has 31 heavy (non-hydrogen) atoms. The first-order chi connectivity index (χ1) is 14.7. The minimum absolute atomic E-state index is 0.0215. The van der Waals surface area contributed by atoms with Crippen LogP contribution in [0.15, 0.2) is 35.5 Å². The number of nitrogens with one attached hydrogen (secondary N) is 1. The number of pyridine rings is 1. The number of nitrogens with two attached hydrogens (primary N) is 1. The molecular formula is C21H22ClFN4O4. The molecule has 1 fully saturated rings. The van der Waals surface area contributed by atoms with Crippen molar-refractivity contribution in [3.63, 3.8) is 0 Å². The molecule has 3 heterocycles. The predicted octanol–water partition coefficient (Wildman–Crippen LogP) is 3.04. The Bertz CT molecular complexity index is 1070. The van der Waals surface area contributed by atoms with Gasteiger partial charge in [-0.2, -0.15) is 0 Å². The molecule has 1 saturated heterocycles. The Morgan fingerprint density at radius 2 is 2.06 bits per heavy atom. The van der Waals surface area contributed by atoms with Crippen LogP contribution in [0, 0.1) is 17.2 Å². The number of rotatable bonds is 5. The molecule has 1 amide bonds. The molecule has 164 valence electrons. The highest BCUT2D eigenvalue weighted by atomic mass is 35.5. The number of phenolic OH excluding ortho intramolecular Hbond substituents is 1. The van der Waals surface area contributed by atoms with Gasteiger partial charge in [0.25, 0.3) is 11.9 Å². The third-order valence-electron chi connectivity index (χ3n) is 6.10. The van der Waals surface area contributed by atoms with E-state index in [2.05, 4.69) is 15.3 Å². The number of halogens is 2. The monoisotopic (exact) mass is 448 g/mol. The molecule has 0 bridgehead atoms. The summed E-state index contributed by atoms with van der Waals surface area (Å²) in [6, 6.07) is 5.57. The zero-order valence-corrected chi connectivity index (χ0v) is 17.7. The van der Waals surface area contributed by atoms with Gasteiger partial charge in [-0.15, -0.1) is 0 Å². The fourth-order valence-corrected chi connectivity index (χ4v) is 4.33. The molecule has 1 atom stereocenters. The van der Waals surface area contributed by atoms with Gasteiger partial charge in [-0.3, -0.25) is 4.79 Å². The molecule has 0 radical (unpaired) electrons. The van der Waals surface area contributed by atoms with Crippen LogP contribution in [-0.2, 0) is 15.0 Å². The normalized spacial score (nSPS) is 21.9. The van der Waals surface area contributed by atoms with E-state index in [1.54, 1.807) is 6.07 Å². The van der Waals surface area contributed by atoms with Crippen molar-refractivity contribution < 1.29 is 23.8 Å². The predicted molar refractivity (Wildman–Crippen MR) is 113 cm³/mol. The number of aromatic hydroxyl groups is 1. The molecular weight excluding hydrogens is 427 g/mol. The number of phenols is 1. The number of carbonyl (C=O) groups is 1. The van der Waals surface area contributed by atoms with Crippen LogP contribution >= 0.6 is 11.6 Å². The van der Waals surface area contributed by atoms with Gasteiger partial charge >= 0.3 is 0 Å². The number of amides is 1. The third kappa shape index (κ3) is 3.37. The molecule has 4 rings (SSSR count). The second kappa shape index (κ2) is 7.65. The van der Waals surface area contributed by atoms with Crippen molar-refractivity contribution in [3.05, 3.63) is 52.6 Å². The summed E-state index contributed by atoms with van der Waals surface area (Å²) in [5.41, 5.74) is 4.78. The van der Waals surface area contributed by atoms with Crippen LogP contribution in [0.2, 0.25) is 5.02 Å². The highest BCUT2D eigenvalue weighted by molar-refractivity contribution is 6.30. The van der Waals surface area contributed by atoms with Crippen molar-refractivity contribution in [2.75, 3.05) is 25.1 Å². The van der Waals surface area contributed by atoms with Gasteiger partial charge in [-0.05, 0) is 30.2 Å². The van der Waals surface area contributed by atoms with Gasteiger partial charge in [0, 0.05) is 17.4 Å². The summed E-state index contributed by atoms with van der Waals surface area (Å²) in [4.78, 5) is 20.9. The van der Waals surface area contributed by atoms with Crippen molar-refractivity contribution in [1.29, 1.82) is 0 Å². The number of benzene rings is 1. The Labute approximate surface area is 183 Å². The summed E-state index contributed by atoms with van der Waals surface area (Å²) < 4.78 is 25.1. The topological polar surface area (TPSA) is 119 Å². The minimum atomic E-state index is -1.00. The third-order valence-corrected chi connectivity index (χ3v) is 6.31. The number of amidine groups is 1. The van der Waals surface area contributed by atoms with Gasteiger partial charge in [-0.25, -0.2) is 14.4 Å². The number of hydrogen-bond acceptors (Lipinski definition) is 7. The Kier molecular flexibility index (Phi) is 5.26. The zero-order chi connectivity index (χ0) is 22.4. The first-order valence-electron chi connectivity index (χ1n) is 9.70. The smallest absolute Gasteiger partial charge is 0.283 e. The van der Waals surface area contributed by atoms with E-state index in [1.165, 1.54) is 18.3 Å². The molecule has 2 aliphatic heterocycles. The van der Waals surface area contributed by atoms with E-state index in [4.69, 9.17) is 26.8 Å². The SMILES string of the molecule is CC(C)C1(C2(c3cc(NC(=O)c4ncc(Cl)cc4F)ccc3O)COC(N)=N2)COC1.